The van der Waals surface area contributed by atoms with Crippen LogP contribution in [0.5, 0.6) is 11.5 Å². The fourth-order valence-corrected chi connectivity index (χ4v) is 5.27. The number of carbonyl (C=O) groups is 1. The predicted molar refractivity (Wildman–Crippen MR) is 109 cm³/mol. The minimum atomic E-state index is -0.989. The molecule has 0 aliphatic heterocycles. The maximum absolute atomic E-state index is 12.9. The molecule has 6 nitrogen and oxygen atoms in total. The number of aliphatic hydroxyl groups excluding tert-OH is 1. The summed E-state index contributed by atoms with van der Waals surface area (Å²) in [5.74, 6) is -0.769. The molecule has 0 radical (unpaired) electrons. The van der Waals surface area contributed by atoms with Gasteiger partial charge in [-0.25, -0.2) is 4.79 Å². The van der Waals surface area contributed by atoms with Gasteiger partial charge in [0.25, 0.3) is 0 Å². The first kappa shape index (κ1) is 21.7. The smallest absolute Gasteiger partial charge is 0.338 e. The average Bonchev–Trinajstić information content (AvgIpc) is 2.88. The summed E-state index contributed by atoms with van der Waals surface area (Å²) in [6.45, 7) is 10.0. The number of aromatic hydroxyl groups is 1. The van der Waals surface area contributed by atoms with E-state index in [0.29, 0.717) is 24.8 Å². The van der Waals surface area contributed by atoms with Gasteiger partial charge in [0.15, 0.2) is 11.5 Å². The van der Waals surface area contributed by atoms with Crippen LogP contribution < -0.4 is 4.74 Å². The van der Waals surface area contributed by atoms with E-state index >= 15 is 0 Å². The molecule has 3 rings (SSSR count). The van der Waals surface area contributed by atoms with Gasteiger partial charge in [0.2, 0.25) is 0 Å². The van der Waals surface area contributed by atoms with Crippen LogP contribution >= 0.6 is 0 Å². The molecule has 29 heavy (non-hydrogen) atoms. The molecule has 3 N–H and O–H groups in total. The first-order valence-electron chi connectivity index (χ1n) is 10.2. The van der Waals surface area contributed by atoms with Crippen molar-refractivity contribution in [3.63, 3.8) is 0 Å². The molecule has 160 valence electrons. The number of benzene rings is 1. The van der Waals surface area contributed by atoms with Crippen LogP contribution in [0.1, 0.15) is 56.8 Å². The number of aliphatic hydroxyl groups is 2. The summed E-state index contributed by atoms with van der Waals surface area (Å²) in [4.78, 5) is 12.9. The third kappa shape index (κ3) is 3.76. The number of carbonyl (C=O) groups excluding carboxylic acids is 1. The van der Waals surface area contributed by atoms with Crippen LogP contribution in [0.4, 0.5) is 0 Å². The molecule has 0 saturated heterocycles. The number of methoxy groups -OCH3 is 1. The van der Waals surface area contributed by atoms with Crippen LogP contribution in [0.2, 0.25) is 0 Å². The van der Waals surface area contributed by atoms with Gasteiger partial charge in [-0.15, -0.1) is 0 Å². The van der Waals surface area contributed by atoms with Crippen LogP contribution in [0, 0.1) is 17.3 Å². The van der Waals surface area contributed by atoms with Gasteiger partial charge < -0.3 is 24.8 Å². The predicted octanol–water partition coefficient (Wildman–Crippen LogP) is 3.44. The van der Waals surface area contributed by atoms with E-state index in [1.807, 2.05) is 13.8 Å². The molecule has 0 bridgehead atoms. The lowest BCUT2D eigenvalue weighted by Crippen LogP contribution is -2.50. The fourth-order valence-electron chi connectivity index (χ4n) is 5.27. The summed E-state index contributed by atoms with van der Waals surface area (Å²) < 4.78 is 11.0. The molecule has 0 amide bonds. The van der Waals surface area contributed by atoms with Crippen LogP contribution in [0.25, 0.3) is 0 Å². The van der Waals surface area contributed by atoms with Crippen LogP contribution in [0.15, 0.2) is 30.4 Å². The minimum absolute atomic E-state index is 0.0206. The zero-order valence-electron chi connectivity index (χ0n) is 17.6. The molecule has 2 fully saturated rings. The van der Waals surface area contributed by atoms with Crippen molar-refractivity contribution in [2.45, 2.75) is 64.3 Å². The highest BCUT2D eigenvalue weighted by Gasteiger charge is 2.60. The van der Waals surface area contributed by atoms with Gasteiger partial charge in [-0.05, 0) is 54.4 Å². The lowest BCUT2D eigenvalue weighted by atomic mass is 9.67. The van der Waals surface area contributed by atoms with E-state index in [1.165, 1.54) is 25.3 Å². The number of fused-ring (bicyclic) bond motifs is 1. The highest BCUT2D eigenvalue weighted by molar-refractivity contribution is 5.90. The van der Waals surface area contributed by atoms with Crippen molar-refractivity contribution in [3.05, 3.63) is 35.9 Å². The van der Waals surface area contributed by atoms with E-state index in [-0.39, 0.29) is 34.3 Å². The number of ether oxygens (including phenoxy) is 2. The summed E-state index contributed by atoms with van der Waals surface area (Å²) in [7, 11) is 1.41. The number of esters is 1. The SMILES string of the molecule is C=C1C[C@H](OC(=O)c2ccc(O)c(OC)c2)C2[C@](C)(CC[C@@]2(O)C(C)C)C[C@@H]1O. The van der Waals surface area contributed by atoms with Crippen molar-refractivity contribution >= 4 is 5.97 Å². The summed E-state index contributed by atoms with van der Waals surface area (Å²) in [6, 6.07) is 4.29. The Labute approximate surface area is 172 Å². The molecule has 1 aromatic rings. The molecule has 2 aliphatic carbocycles. The second kappa shape index (κ2) is 7.65. The van der Waals surface area contributed by atoms with E-state index in [9.17, 15) is 20.1 Å². The lowest BCUT2D eigenvalue weighted by Gasteiger charge is -2.43. The number of hydrogen-bond donors (Lipinski definition) is 3. The van der Waals surface area contributed by atoms with Gasteiger partial charge in [0.1, 0.15) is 6.10 Å². The molecule has 1 aromatic carbocycles. The first-order chi connectivity index (χ1) is 13.5. The van der Waals surface area contributed by atoms with Crippen LogP contribution in [0.3, 0.4) is 0 Å². The van der Waals surface area contributed by atoms with Crippen molar-refractivity contribution in [1.29, 1.82) is 0 Å². The maximum Gasteiger partial charge on any atom is 0.338 e. The normalized spacial score (nSPS) is 34.6. The van der Waals surface area contributed by atoms with Crippen molar-refractivity contribution in [1.82, 2.24) is 0 Å². The van der Waals surface area contributed by atoms with Gasteiger partial charge in [-0.1, -0.05) is 27.4 Å². The van der Waals surface area contributed by atoms with E-state index in [2.05, 4.69) is 13.5 Å². The number of hydrogen-bond acceptors (Lipinski definition) is 6. The molecule has 2 saturated carbocycles. The molecule has 0 heterocycles. The largest absolute Gasteiger partial charge is 0.504 e. The molecular weight excluding hydrogens is 372 g/mol. The first-order valence-corrected chi connectivity index (χ1v) is 10.2. The Balaban J connectivity index is 1.96. The maximum atomic E-state index is 12.9. The van der Waals surface area contributed by atoms with Crippen molar-refractivity contribution < 1.29 is 29.6 Å². The molecule has 0 spiro atoms. The summed E-state index contributed by atoms with van der Waals surface area (Å²) in [5.41, 5.74) is -0.484. The van der Waals surface area contributed by atoms with Gasteiger partial charge >= 0.3 is 5.97 Å². The second-order valence-electron chi connectivity index (χ2n) is 9.19. The Kier molecular flexibility index (Phi) is 5.71. The average molecular weight is 405 g/mol. The second-order valence-corrected chi connectivity index (χ2v) is 9.19. The van der Waals surface area contributed by atoms with Gasteiger partial charge in [0.05, 0.1) is 24.4 Å². The zero-order valence-corrected chi connectivity index (χ0v) is 17.6. The van der Waals surface area contributed by atoms with Crippen LogP contribution in [-0.4, -0.2) is 46.2 Å². The minimum Gasteiger partial charge on any atom is -0.504 e. The highest BCUT2D eigenvalue weighted by atomic mass is 16.5. The third-order valence-corrected chi connectivity index (χ3v) is 7.03. The summed E-state index contributed by atoms with van der Waals surface area (Å²) in [5, 5.41) is 31.9. The Morgan fingerprint density at radius 3 is 2.62 bits per heavy atom. The van der Waals surface area contributed by atoms with Gasteiger partial charge in [-0.3, -0.25) is 0 Å². The van der Waals surface area contributed by atoms with E-state index in [0.717, 1.165) is 6.42 Å². The van der Waals surface area contributed by atoms with Crippen molar-refractivity contribution in [3.8, 4) is 11.5 Å². The molecular formula is C23H32O6. The quantitative estimate of drug-likeness (QED) is 0.525. The van der Waals surface area contributed by atoms with Crippen LogP contribution in [-0.2, 0) is 4.74 Å². The van der Waals surface area contributed by atoms with Gasteiger partial charge in [0, 0.05) is 12.3 Å². The fraction of sp³-hybridized carbons (Fsp3) is 0.609. The number of rotatable bonds is 4. The molecule has 1 unspecified atom stereocenters. The van der Waals surface area contributed by atoms with Gasteiger partial charge in [-0.2, -0.15) is 0 Å². The van der Waals surface area contributed by atoms with E-state index < -0.39 is 23.8 Å². The molecule has 0 aromatic heterocycles. The summed E-state index contributed by atoms with van der Waals surface area (Å²) >= 11 is 0. The van der Waals surface area contributed by atoms with Crippen molar-refractivity contribution in [2.75, 3.05) is 7.11 Å². The Morgan fingerprint density at radius 2 is 2.00 bits per heavy atom. The summed E-state index contributed by atoms with van der Waals surface area (Å²) in [6.07, 6.45) is 0.856. The number of phenolic OH excluding ortho intramolecular Hbond substituents is 1. The standard InChI is InChI=1S/C23H32O6/c1-13(2)23(27)9-8-22(4)12-17(25)14(3)10-19(20(22)23)29-21(26)15-6-7-16(24)18(11-15)28-5/h6-7,11,13,17,19-20,24-25,27H,3,8-10,12H2,1-2,4-5H3/t17-,19-,20?,22+,23+/m0/s1. The molecule has 5 atom stereocenters. The Morgan fingerprint density at radius 1 is 1.31 bits per heavy atom. The highest BCUT2D eigenvalue weighted by Crippen LogP contribution is 2.58. The third-order valence-electron chi connectivity index (χ3n) is 7.03. The topological polar surface area (TPSA) is 96.2 Å². The van der Waals surface area contributed by atoms with Crippen molar-refractivity contribution in [2.24, 2.45) is 17.3 Å². The zero-order chi connectivity index (χ0) is 21.6. The van der Waals surface area contributed by atoms with E-state index in [1.54, 1.807) is 0 Å². The van der Waals surface area contributed by atoms with E-state index in [4.69, 9.17) is 9.47 Å². The molecule has 2 aliphatic rings. The lowest BCUT2D eigenvalue weighted by molar-refractivity contribution is -0.113. The molecule has 6 heteroatoms. The number of phenols is 1. The Bertz CT molecular complexity index is 803. The monoisotopic (exact) mass is 404 g/mol. The Hall–Kier alpha value is -2.05.